The van der Waals surface area contributed by atoms with Gasteiger partial charge in [0, 0.05) is 13.1 Å². The molecule has 2 unspecified atom stereocenters. The molecule has 0 aromatic rings. The fourth-order valence-electron chi connectivity index (χ4n) is 2.33. The summed E-state index contributed by atoms with van der Waals surface area (Å²) in [5.74, 6) is -2.40. The first-order chi connectivity index (χ1) is 8.84. The van der Waals surface area contributed by atoms with Crippen molar-refractivity contribution in [1.29, 1.82) is 0 Å². The molecule has 1 aliphatic heterocycles. The number of oxime groups is 1. The summed E-state index contributed by atoms with van der Waals surface area (Å²) in [7, 11) is 2.00. The standard InChI is InChI=1S/C11H21F3N4O/c1-18-4-2-3-8(7-18)5-16-6-9(10(15)17-19)11(12,13)14/h8-9,16,19H,2-7H2,1H3,(H2,15,17). The summed E-state index contributed by atoms with van der Waals surface area (Å²) in [4.78, 5) is 2.17. The van der Waals surface area contributed by atoms with Crippen molar-refractivity contribution in [2.45, 2.75) is 19.0 Å². The summed E-state index contributed by atoms with van der Waals surface area (Å²) in [6, 6.07) is 0. The molecule has 1 saturated heterocycles. The number of rotatable bonds is 5. The summed E-state index contributed by atoms with van der Waals surface area (Å²) < 4.78 is 38.0. The summed E-state index contributed by atoms with van der Waals surface area (Å²) in [5, 5.41) is 13.6. The predicted octanol–water partition coefficient (Wildman–Crippen LogP) is 0.843. The fraction of sp³-hybridized carbons (Fsp3) is 0.909. The van der Waals surface area contributed by atoms with Crippen LogP contribution in [0.1, 0.15) is 12.8 Å². The lowest BCUT2D eigenvalue weighted by Crippen LogP contribution is -2.45. The molecule has 1 aliphatic rings. The number of hydrogen-bond acceptors (Lipinski definition) is 4. The smallest absolute Gasteiger partial charge is 0.400 e. The third-order valence-electron chi connectivity index (χ3n) is 3.37. The highest BCUT2D eigenvalue weighted by Crippen LogP contribution is 2.26. The molecule has 8 heteroatoms. The Morgan fingerprint density at radius 3 is 2.79 bits per heavy atom. The van der Waals surface area contributed by atoms with Gasteiger partial charge in [-0.2, -0.15) is 13.2 Å². The lowest BCUT2D eigenvalue weighted by Gasteiger charge is -2.30. The molecular formula is C11H21F3N4O. The van der Waals surface area contributed by atoms with Crippen molar-refractivity contribution in [3.05, 3.63) is 0 Å². The van der Waals surface area contributed by atoms with Gasteiger partial charge < -0.3 is 21.2 Å². The number of alkyl halides is 3. The SMILES string of the molecule is CN1CCCC(CNCC(C(N)=NO)C(F)(F)F)C1. The quantitative estimate of drug-likeness (QED) is 0.302. The van der Waals surface area contributed by atoms with E-state index in [4.69, 9.17) is 10.9 Å². The van der Waals surface area contributed by atoms with Gasteiger partial charge >= 0.3 is 6.18 Å². The largest absolute Gasteiger partial charge is 0.409 e. The molecule has 112 valence electrons. The van der Waals surface area contributed by atoms with Gasteiger partial charge in [-0.1, -0.05) is 5.16 Å². The Morgan fingerprint density at radius 1 is 1.58 bits per heavy atom. The number of nitrogens with two attached hydrogens (primary N) is 1. The van der Waals surface area contributed by atoms with Crippen molar-refractivity contribution in [1.82, 2.24) is 10.2 Å². The first-order valence-electron chi connectivity index (χ1n) is 6.28. The van der Waals surface area contributed by atoms with E-state index >= 15 is 0 Å². The van der Waals surface area contributed by atoms with Gasteiger partial charge in [-0.15, -0.1) is 0 Å². The van der Waals surface area contributed by atoms with Crippen molar-refractivity contribution in [2.24, 2.45) is 22.7 Å². The Morgan fingerprint density at radius 2 is 2.26 bits per heavy atom. The van der Waals surface area contributed by atoms with E-state index in [1.54, 1.807) is 0 Å². The third-order valence-corrected chi connectivity index (χ3v) is 3.37. The highest BCUT2D eigenvalue weighted by Gasteiger charge is 2.42. The van der Waals surface area contributed by atoms with Gasteiger partial charge in [0.15, 0.2) is 5.84 Å². The number of piperidine rings is 1. The molecule has 2 atom stereocenters. The van der Waals surface area contributed by atoms with E-state index in [-0.39, 0.29) is 6.54 Å². The predicted molar refractivity (Wildman–Crippen MR) is 66.0 cm³/mol. The number of nitrogens with zero attached hydrogens (tertiary/aromatic N) is 2. The Kier molecular flexibility index (Phi) is 5.86. The van der Waals surface area contributed by atoms with Gasteiger partial charge in [0.25, 0.3) is 0 Å². The monoisotopic (exact) mass is 282 g/mol. The minimum Gasteiger partial charge on any atom is -0.409 e. The zero-order valence-corrected chi connectivity index (χ0v) is 11.0. The van der Waals surface area contributed by atoms with E-state index in [0.717, 1.165) is 25.9 Å². The number of likely N-dealkylation sites (tertiary alicyclic amines) is 1. The van der Waals surface area contributed by atoms with Crippen LogP contribution in [0.2, 0.25) is 0 Å². The van der Waals surface area contributed by atoms with E-state index in [2.05, 4.69) is 15.4 Å². The van der Waals surface area contributed by atoms with Crippen LogP contribution in [0.15, 0.2) is 5.16 Å². The maximum atomic E-state index is 12.7. The van der Waals surface area contributed by atoms with Crippen LogP contribution in [0.25, 0.3) is 0 Å². The van der Waals surface area contributed by atoms with E-state index < -0.39 is 17.9 Å². The fourth-order valence-corrected chi connectivity index (χ4v) is 2.33. The zero-order valence-electron chi connectivity index (χ0n) is 11.0. The highest BCUT2D eigenvalue weighted by molar-refractivity contribution is 5.83. The second kappa shape index (κ2) is 6.95. The van der Waals surface area contributed by atoms with E-state index in [0.29, 0.717) is 12.5 Å². The lowest BCUT2D eigenvalue weighted by atomic mass is 9.98. The van der Waals surface area contributed by atoms with Crippen molar-refractivity contribution < 1.29 is 18.4 Å². The van der Waals surface area contributed by atoms with Crippen LogP contribution in [-0.4, -0.2) is 55.3 Å². The normalized spacial score (nSPS) is 24.4. The molecule has 0 radical (unpaired) electrons. The average Bonchev–Trinajstić information content (AvgIpc) is 2.32. The zero-order chi connectivity index (χ0) is 14.5. The molecule has 0 spiro atoms. The molecule has 0 aromatic carbocycles. The molecule has 1 fully saturated rings. The topological polar surface area (TPSA) is 73.9 Å². The summed E-state index contributed by atoms with van der Waals surface area (Å²) in [5.41, 5.74) is 5.08. The Labute approximate surface area is 110 Å². The maximum Gasteiger partial charge on any atom is 0.400 e. The van der Waals surface area contributed by atoms with Gasteiger partial charge in [-0.25, -0.2) is 0 Å². The Hall–Kier alpha value is -1.02. The average molecular weight is 282 g/mol. The van der Waals surface area contributed by atoms with Gasteiger partial charge in [0.1, 0.15) is 5.92 Å². The van der Waals surface area contributed by atoms with Gasteiger partial charge in [-0.05, 0) is 38.9 Å². The Balaban J connectivity index is 2.40. The molecule has 1 rings (SSSR count). The third kappa shape index (κ3) is 5.23. The molecule has 5 nitrogen and oxygen atoms in total. The van der Waals surface area contributed by atoms with Crippen LogP contribution in [-0.2, 0) is 0 Å². The van der Waals surface area contributed by atoms with Crippen LogP contribution in [0.3, 0.4) is 0 Å². The number of nitrogens with one attached hydrogen (secondary N) is 1. The lowest BCUT2D eigenvalue weighted by molar-refractivity contribution is -0.155. The van der Waals surface area contributed by atoms with Crippen LogP contribution < -0.4 is 11.1 Å². The number of halogens is 3. The van der Waals surface area contributed by atoms with Crippen molar-refractivity contribution >= 4 is 5.84 Å². The van der Waals surface area contributed by atoms with Crippen LogP contribution in [0.5, 0.6) is 0 Å². The summed E-state index contributed by atoms with van der Waals surface area (Å²) >= 11 is 0. The summed E-state index contributed by atoms with van der Waals surface area (Å²) in [6.45, 7) is 2.06. The molecule has 0 amide bonds. The first-order valence-corrected chi connectivity index (χ1v) is 6.28. The Bertz CT molecular complexity index is 309. The summed E-state index contributed by atoms with van der Waals surface area (Å²) in [6.07, 6.45) is -2.43. The van der Waals surface area contributed by atoms with Crippen LogP contribution in [0, 0.1) is 11.8 Å². The molecule has 1 heterocycles. The number of amidine groups is 1. The minimum absolute atomic E-state index is 0.347. The van der Waals surface area contributed by atoms with Crippen molar-refractivity contribution in [2.75, 3.05) is 33.2 Å². The highest BCUT2D eigenvalue weighted by atomic mass is 19.4. The number of hydrogen-bond donors (Lipinski definition) is 3. The van der Waals surface area contributed by atoms with E-state index in [1.807, 2.05) is 7.05 Å². The second-order valence-electron chi connectivity index (χ2n) is 5.05. The maximum absolute atomic E-state index is 12.7. The van der Waals surface area contributed by atoms with Crippen LogP contribution in [0.4, 0.5) is 13.2 Å². The van der Waals surface area contributed by atoms with Gasteiger partial charge in [0.05, 0.1) is 0 Å². The molecule has 4 N–H and O–H groups in total. The molecule has 0 aromatic heterocycles. The molecule has 19 heavy (non-hydrogen) atoms. The van der Waals surface area contributed by atoms with Crippen molar-refractivity contribution in [3.8, 4) is 0 Å². The minimum atomic E-state index is -4.51. The van der Waals surface area contributed by atoms with E-state index in [9.17, 15) is 13.2 Å². The van der Waals surface area contributed by atoms with E-state index in [1.165, 1.54) is 0 Å². The molecule has 0 aliphatic carbocycles. The van der Waals surface area contributed by atoms with Crippen molar-refractivity contribution in [3.63, 3.8) is 0 Å². The second-order valence-corrected chi connectivity index (χ2v) is 5.05. The molecule has 0 bridgehead atoms. The molecule has 0 saturated carbocycles. The van der Waals surface area contributed by atoms with Gasteiger partial charge in [-0.3, -0.25) is 0 Å². The van der Waals surface area contributed by atoms with Crippen LogP contribution >= 0.6 is 0 Å². The van der Waals surface area contributed by atoms with Gasteiger partial charge in [0.2, 0.25) is 0 Å². The first kappa shape index (κ1) is 16.0. The molecular weight excluding hydrogens is 261 g/mol.